The molecule has 2 rings (SSSR count). The molecule has 0 heterocycles. The van der Waals surface area contributed by atoms with E-state index in [1.165, 1.54) is 0 Å². The minimum atomic E-state index is -0.0912. The first-order valence-corrected chi connectivity index (χ1v) is 5.28. The molecule has 0 spiro atoms. The van der Waals surface area contributed by atoms with Crippen LogP contribution in [0.25, 0.3) is 10.8 Å². The van der Waals surface area contributed by atoms with Crippen molar-refractivity contribution in [2.75, 3.05) is 13.7 Å². The highest BCUT2D eigenvalue weighted by Crippen LogP contribution is 2.23. The Kier molecular flexibility index (Phi) is 3.08. The largest absolute Gasteiger partial charge is 0.497 e. The summed E-state index contributed by atoms with van der Waals surface area (Å²) >= 11 is 0. The van der Waals surface area contributed by atoms with Crippen LogP contribution in [0.2, 0.25) is 0 Å². The number of methoxy groups -OCH3 is 1. The Hall–Kier alpha value is -1.58. The second kappa shape index (κ2) is 4.51. The molecule has 0 bridgehead atoms. The first-order valence-electron chi connectivity index (χ1n) is 5.28. The average Bonchev–Trinajstić information content (AvgIpc) is 2.36. The van der Waals surface area contributed by atoms with Crippen LogP contribution in [0.5, 0.6) is 5.75 Å². The monoisotopic (exact) mass is 216 g/mol. The van der Waals surface area contributed by atoms with Crippen molar-refractivity contribution in [1.29, 1.82) is 0 Å². The number of hydrogen-bond donors (Lipinski definition) is 2. The van der Waals surface area contributed by atoms with Gasteiger partial charge in [-0.05, 0) is 34.5 Å². The molecule has 2 aromatic rings. The summed E-state index contributed by atoms with van der Waals surface area (Å²) in [6, 6.07) is 12.0. The van der Waals surface area contributed by atoms with Crippen LogP contribution in [0, 0.1) is 0 Å². The van der Waals surface area contributed by atoms with Crippen molar-refractivity contribution in [2.45, 2.75) is 6.04 Å². The number of ether oxygens (including phenoxy) is 1. The van der Waals surface area contributed by atoms with Crippen LogP contribution in [0.15, 0.2) is 36.4 Å². The first kappa shape index (κ1) is 10.9. The molecule has 16 heavy (non-hydrogen) atoms. The van der Waals surface area contributed by atoms with Crippen molar-refractivity contribution in [3.63, 3.8) is 0 Å². The Morgan fingerprint density at radius 1 is 1.12 bits per heavy atom. The summed E-state index contributed by atoms with van der Waals surface area (Å²) in [7, 11) is 1.67. The molecule has 3 nitrogen and oxygen atoms in total. The van der Waals surface area contributed by atoms with Gasteiger partial charge in [0.05, 0.1) is 7.11 Å². The lowest BCUT2D eigenvalue weighted by atomic mass is 10.0. The highest BCUT2D eigenvalue weighted by molar-refractivity contribution is 5.84. The molecule has 0 radical (unpaired) electrons. The fourth-order valence-corrected chi connectivity index (χ4v) is 1.74. The molecule has 2 aromatic carbocycles. The van der Waals surface area contributed by atoms with Gasteiger partial charge in [0.2, 0.25) is 0 Å². The SMILES string of the molecule is COc1ccc2cc([C@H](N)CN)ccc2c1. The predicted octanol–water partition coefficient (Wildman–Crippen LogP) is 1.81. The van der Waals surface area contributed by atoms with E-state index in [9.17, 15) is 0 Å². The van der Waals surface area contributed by atoms with E-state index in [4.69, 9.17) is 16.2 Å². The summed E-state index contributed by atoms with van der Waals surface area (Å²) in [5.41, 5.74) is 12.5. The fraction of sp³-hybridized carbons (Fsp3) is 0.231. The summed E-state index contributed by atoms with van der Waals surface area (Å²) in [5.74, 6) is 0.864. The third kappa shape index (κ3) is 2.01. The molecule has 3 heteroatoms. The molecule has 0 amide bonds. The second-order valence-electron chi connectivity index (χ2n) is 3.81. The number of hydrogen-bond acceptors (Lipinski definition) is 3. The van der Waals surface area contributed by atoms with E-state index in [2.05, 4.69) is 6.07 Å². The van der Waals surface area contributed by atoms with E-state index in [0.29, 0.717) is 6.54 Å². The van der Waals surface area contributed by atoms with E-state index in [-0.39, 0.29) is 6.04 Å². The molecule has 0 aliphatic rings. The molecule has 0 aliphatic carbocycles. The Bertz CT molecular complexity index is 496. The Morgan fingerprint density at radius 3 is 2.50 bits per heavy atom. The van der Waals surface area contributed by atoms with Crippen LogP contribution >= 0.6 is 0 Å². The average molecular weight is 216 g/mol. The highest BCUT2D eigenvalue weighted by Gasteiger charge is 2.04. The lowest BCUT2D eigenvalue weighted by Gasteiger charge is -2.10. The third-order valence-corrected chi connectivity index (χ3v) is 2.75. The minimum absolute atomic E-state index is 0.0912. The van der Waals surface area contributed by atoms with E-state index in [1.807, 2.05) is 30.3 Å². The molecule has 0 fully saturated rings. The van der Waals surface area contributed by atoms with Crippen molar-refractivity contribution < 1.29 is 4.74 Å². The van der Waals surface area contributed by atoms with E-state index in [1.54, 1.807) is 7.11 Å². The molecule has 4 N–H and O–H groups in total. The van der Waals surface area contributed by atoms with Gasteiger partial charge in [-0.1, -0.05) is 18.2 Å². The van der Waals surface area contributed by atoms with Crippen LogP contribution in [-0.2, 0) is 0 Å². The lowest BCUT2D eigenvalue weighted by Crippen LogP contribution is -2.20. The van der Waals surface area contributed by atoms with Gasteiger partial charge in [0, 0.05) is 12.6 Å². The van der Waals surface area contributed by atoms with E-state index < -0.39 is 0 Å². The van der Waals surface area contributed by atoms with Crippen molar-refractivity contribution >= 4 is 10.8 Å². The van der Waals surface area contributed by atoms with Crippen molar-refractivity contribution in [2.24, 2.45) is 11.5 Å². The lowest BCUT2D eigenvalue weighted by molar-refractivity contribution is 0.415. The van der Waals surface area contributed by atoms with Crippen LogP contribution in [0.1, 0.15) is 11.6 Å². The maximum Gasteiger partial charge on any atom is 0.119 e. The summed E-state index contributed by atoms with van der Waals surface area (Å²) in [5, 5.41) is 2.30. The van der Waals surface area contributed by atoms with Gasteiger partial charge in [-0.3, -0.25) is 0 Å². The van der Waals surface area contributed by atoms with Crippen molar-refractivity contribution in [3.05, 3.63) is 42.0 Å². The summed E-state index contributed by atoms with van der Waals surface area (Å²) in [6.07, 6.45) is 0. The van der Waals surface area contributed by atoms with Crippen molar-refractivity contribution in [1.82, 2.24) is 0 Å². The molecule has 84 valence electrons. The van der Waals surface area contributed by atoms with Crippen LogP contribution in [0.4, 0.5) is 0 Å². The minimum Gasteiger partial charge on any atom is -0.497 e. The highest BCUT2D eigenvalue weighted by atomic mass is 16.5. The smallest absolute Gasteiger partial charge is 0.119 e. The second-order valence-corrected chi connectivity index (χ2v) is 3.81. The maximum absolute atomic E-state index is 5.89. The van der Waals surface area contributed by atoms with Gasteiger partial charge in [-0.25, -0.2) is 0 Å². The summed E-state index contributed by atoms with van der Waals surface area (Å²) < 4.78 is 5.18. The van der Waals surface area contributed by atoms with E-state index >= 15 is 0 Å². The quantitative estimate of drug-likeness (QED) is 0.822. The van der Waals surface area contributed by atoms with E-state index in [0.717, 1.165) is 22.1 Å². The number of fused-ring (bicyclic) bond motifs is 1. The van der Waals surface area contributed by atoms with Gasteiger partial charge >= 0.3 is 0 Å². The fourth-order valence-electron chi connectivity index (χ4n) is 1.74. The first-order chi connectivity index (χ1) is 7.74. The molecular weight excluding hydrogens is 200 g/mol. The maximum atomic E-state index is 5.89. The number of nitrogens with two attached hydrogens (primary N) is 2. The zero-order valence-electron chi connectivity index (χ0n) is 9.31. The molecular formula is C13H16N2O. The standard InChI is InChI=1S/C13H16N2O/c1-16-12-5-4-9-6-11(13(15)8-14)3-2-10(9)7-12/h2-7,13H,8,14-15H2,1H3/t13-/m1/s1. The molecule has 0 saturated heterocycles. The van der Waals surface area contributed by atoms with Gasteiger partial charge in [0.15, 0.2) is 0 Å². The molecule has 0 saturated carbocycles. The zero-order valence-corrected chi connectivity index (χ0v) is 9.31. The van der Waals surface area contributed by atoms with Gasteiger partial charge in [0.25, 0.3) is 0 Å². The predicted molar refractivity (Wildman–Crippen MR) is 66.5 cm³/mol. The molecule has 0 aliphatic heterocycles. The van der Waals surface area contributed by atoms with Gasteiger partial charge in [-0.2, -0.15) is 0 Å². The molecule has 1 atom stereocenters. The van der Waals surface area contributed by atoms with Crippen LogP contribution in [-0.4, -0.2) is 13.7 Å². The molecule has 0 aromatic heterocycles. The zero-order chi connectivity index (χ0) is 11.5. The Morgan fingerprint density at radius 2 is 1.81 bits per heavy atom. The van der Waals surface area contributed by atoms with Crippen LogP contribution in [0.3, 0.4) is 0 Å². The van der Waals surface area contributed by atoms with Gasteiger partial charge in [-0.15, -0.1) is 0 Å². The summed E-state index contributed by atoms with van der Waals surface area (Å²) in [6.45, 7) is 0.460. The van der Waals surface area contributed by atoms with Gasteiger partial charge in [0.1, 0.15) is 5.75 Å². The topological polar surface area (TPSA) is 61.3 Å². The number of rotatable bonds is 3. The summed E-state index contributed by atoms with van der Waals surface area (Å²) in [4.78, 5) is 0. The Labute approximate surface area is 95.0 Å². The van der Waals surface area contributed by atoms with Crippen molar-refractivity contribution in [3.8, 4) is 5.75 Å². The third-order valence-electron chi connectivity index (χ3n) is 2.75. The number of benzene rings is 2. The molecule has 0 unspecified atom stereocenters. The Balaban J connectivity index is 2.47. The normalized spacial score (nSPS) is 12.7. The van der Waals surface area contributed by atoms with Gasteiger partial charge < -0.3 is 16.2 Å². The van der Waals surface area contributed by atoms with Crippen LogP contribution < -0.4 is 16.2 Å².